The van der Waals surface area contributed by atoms with Crippen molar-refractivity contribution in [3.63, 3.8) is 0 Å². The Hall–Kier alpha value is -2.82. The van der Waals surface area contributed by atoms with Gasteiger partial charge in [-0.25, -0.2) is 4.79 Å². The maximum atomic E-state index is 11.9. The Morgan fingerprint density at radius 3 is 2.23 bits per heavy atom. The molecule has 0 radical (unpaired) electrons. The van der Waals surface area contributed by atoms with E-state index in [0.717, 1.165) is 30.4 Å². The molecule has 2 aromatic rings. The summed E-state index contributed by atoms with van der Waals surface area (Å²) in [5, 5.41) is 12.4. The number of hydrogen-bond donors (Lipinski definition) is 2. The van der Waals surface area contributed by atoms with Gasteiger partial charge in [-0.2, -0.15) is 0 Å². The largest absolute Gasteiger partial charge is 0.481 e. The summed E-state index contributed by atoms with van der Waals surface area (Å²) < 4.78 is 5.19. The highest BCUT2D eigenvalue weighted by Gasteiger charge is 2.41. The highest BCUT2D eigenvalue weighted by molar-refractivity contribution is 5.85. The number of carbonyl (C=O) groups excluding carboxylic acids is 1. The Morgan fingerprint density at radius 2 is 1.62 bits per heavy atom. The fourth-order valence-electron chi connectivity index (χ4n) is 3.53. The quantitative estimate of drug-likeness (QED) is 0.815. The minimum Gasteiger partial charge on any atom is -0.481 e. The van der Waals surface area contributed by atoms with Crippen LogP contribution in [0.4, 0.5) is 10.5 Å². The summed E-state index contributed by atoms with van der Waals surface area (Å²) in [6.45, 7) is 0.201. The molecule has 1 saturated carbocycles. The first-order valence-electron chi connectivity index (χ1n) is 8.92. The third kappa shape index (κ3) is 4.04. The molecule has 0 saturated heterocycles. The van der Waals surface area contributed by atoms with Crippen LogP contribution in [0.15, 0.2) is 54.6 Å². The fraction of sp³-hybridized carbons (Fsp3) is 0.333. The van der Waals surface area contributed by atoms with Crippen LogP contribution in [0, 0.1) is 0 Å². The molecule has 5 heteroatoms. The van der Waals surface area contributed by atoms with Gasteiger partial charge < -0.3 is 9.84 Å². The average Bonchev–Trinajstić information content (AvgIpc) is 2.68. The molecule has 0 spiro atoms. The molecule has 1 aliphatic carbocycles. The van der Waals surface area contributed by atoms with Crippen molar-refractivity contribution in [2.24, 2.45) is 0 Å². The van der Waals surface area contributed by atoms with Crippen molar-refractivity contribution in [2.45, 2.75) is 44.1 Å². The number of carboxylic acids is 1. The van der Waals surface area contributed by atoms with Gasteiger partial charge in [-0.1, -0.05) is 61.7 Å². The zero-order valence-corrected chi connectivity index (χ0v) is 14.6. The van der Waals surface area contributed by atoms with E-state index in [1.807, 2.05) is 30.3 Å². The Kier molecular flexibility index (Phi) is 5.56. The van der Waals surface area contributed by atoms with Gasteiger partial charge in [0.1, 0.15) is 6.61 Å². The van der Waals surface area contributed by atoms with Crippen molar-refractivity contribution >= 4 is 17.7 Å². The van der Waals surface area contributed by atoms with Crippen LogP contribution in [0.3, 0.4) is 0 Å². The van der Waals surface area contributed by atoms with Crippen LogP contribution in [0.5, 0.6) is 0 Å². The van der Waals surface area contributed by atoms with Gasteiger partial charge in [-0.15, -0.1) is 0 Å². The summed E-state index contributed by atoms with van der Waals surface area (Å²) in [5.74, 6) is -0.764. The van der Waals surface area contributed by atoms with Crippen LogP contribution >= 0.6 is 0 Å². The van der Waals surface area contributed by atoms with Crippen molar-refractivity contribution < 1.29 is 19.4 Å². The highest BCUT2D eigenvalue weighted by atomic mass is 16.5. The minimum atomic E-state index is -0.801. The number of aliphatic carboxylic acids is 1. The van der Waals surface area contributed by atoms with E-state index >= 15 is 0 Å². The van der Waals surface area contributed by atoms with Crippen molar-refractivity contribution in [1.82, 2.24) is 0 Å². The Morgan fingerprint density at radius 1 is 0.962 bits per heavy atom. The van der Waals surface area contributed by atoms with Crippen LogP contribution in [-0.2, 0) is 21.6 Å². The molecule has 26 heavy (non-hydrogen) atoms. The molecule has 3 rings (SSSR count). The second kappa shape index (κ2) is 8.04. The Bertz CT molecular complexity index is 749. The topological polar surface area (TPSA) is 75.6 Å². The summed E-state index contributed by atoms with van der Waals surface area (Å²) in [5.41, 5.74) is 1.50. The predicted molar refractivity (Wildman–Crippen MR) is 99.1 cm³/mol. The summed E-state index contributed by atoms with van der Waals surface area (Å²) in [6, 6.07) is 16.5. The van der Waals surface area contributed by atoms with Gasteiger partial charge in [0.05, 0.1) is 5.41 Å². The molecule has 1 fully saturated rings. The van der Waals surface area contributed by atoms with E-state index in [2.05, 4.69) is 5.32 Å². The van der Waals surface area contributed by atoms with Crippen molar-refractivity contribution in [2.75, 3.05) is 5.32 Å². The molecule has 1 aliphatic rings. The highest BCUT2D eigenvalue weighted by Crippen LogP contribution is 2.40. The first kappa shape index (κ1) is 18.0. The van der Waals surface area contributed by atoms with Crippen LogP contribution in [0.2, 0.25) is 0 Å². The number of ether oxygens (including phenoxy) is 1. The lowest BCUT2D eigenvalue weighted by molar-refractivity contribution is -0.145. The van der Waals surface area contributed by atoms with Crippen molar-refractivity contribution in [3.05, 3.63) is 65.7 Å². The molecule has 0 aliphatic heterocycles. The monoisotopic (exact) mass is 353 g/mol. The first-order valence-corrected chi connectivity index (χ1v) is 8.92. The van der Waals surface area contributed by atoms with E-state index in [4.69, 9.17) is 4.74 Å². The molecule has 0 bridgehead atoms. The van der Waals surface area contributed by atoms with Gasteiger partial charge >= 0.3 is 12.1 Å². The second-order valence-electron chi connectivity index (χ2n) is 6.71. The van der Waals surface area contributed by atoms with Crippen molar-refractivity contribution in [1.29, 1.82) is 0 Å². The average molecular weight is 353 g/mol. The predicted octanol–water partition coefficient (Wildman–Crippen LogP) is 4.72. The molecule has 136 valence electrons. The summed E-state index contributed by atoms with van der Waals surface area (Å²) in [6.07, 6.45) is 3.73. The van der Waals surface area contributed by atoms with Gasteiger partial charge in [0.2, 0.25) is 0 Å². The van der Waals surface area contributed by atoms with E-state index in [9.17, 15) is 14.7 Å². The van der Waals surface area contributed by atoms with E-state index in [0.29, 0.717) is 18.5 Å². The number of anilines is 1. The molecule has 2 aromatic carbocycles. The lowest BCUT2D eigenvalue weighted by Crippen LogP contribution is -2.37. The summed E-state index contributed by atoms with van der Waals surface area (Å²) in [4.78, 5) is 23.8. The number of hydrogen-bond acceptors (Lipinski definition) is 3. The van der Waals surface area contributed by atoms with Crippen LogP contribution in [0.1, 0.15) is 43.2 Å². The number of nitrogens with one attached hydrogen (secondary N) is 1. The van der Waals surface area contributed by atoms with Crippen LogP contribution in [0.25, 0.3) is 0 Å². The maximum Gasteiger partial charge on any atom is 0.411 e. The number of carbonyl (C=O) groups is 2. The minimum absolute atomic E-state index is 0.201. The van der Waals surface area contributed by atoms with Crippen molar-refractivity contribution in [3.8, 4) is 0 Å². The number of amides is 1. The smallest absolute Gasteiger partial charge is 0.411 e. The Labute approximate surface area is 153 Å². The molecular formula is C21H23NO4. The number of rotatable bonds is 5. The summed E-state index contributed by atoms with van der Waals surface area (Å²) >= 11 is 0. The van der Waals surface area contributed by atoms with Crippen LogP contribution < -0.4 is 5.32 Å². The zero-order chi connectivity index (χ0) is 18.4. The van der Waals surface area contributed by atoms with Crippen LogP contribution in [-0.4, -0.2) is 17.2 Å². The molecule has 0 atom stereocenters. The molecule has 0 heterocycles. The fourth-order valence-corrected chi connectivity index (χ4v) is 3.53. The van der Waals surface area contributed by atoms with Gasteiger partial charge in [-0.05, 0) is 36.1 Å². The van der Waals surface area contributed by atoms with E-state index in [1.54, 1.807) is 24.3 Å². The normalized spacial score (nSPS) is 15.8. The lowest BCUT2D eigenvalue weighted by atomic mass is 9.69. The molecule has 2 N–H and O–H groups in total. The molecule has 0 unspecified atom stereocenters. The molecule has 5 nitrogen and oxygen atoms in total. The standard InChI is InChI=1S/C21H23NO4/c23-19(24)21(13-5-2-6-14-21)17-9-11-18(12-10-17)22-20(25)26-15-16-7-3-1-4-8-16/h1,3-4,7-12H,2,5-6,13-15H2,(H,22,25)(H,23,24). The van der Waals surface area contributed by atoms with E-state index in [1.165, 1.54) is 0 Å². The third-order valence-electron chi connectivity index (χ3n) is 5.01. The van der Waals surface area contributed by atoms with Gasteiger partial charge in [-0.3, -0.25) is 10.1 Å². The second-order valence-corrected chi connectivity index (χ2v) is 6.71. The maximum absolute atomic E-state index is 11.9. The van der Waals surface area contributed by atoms with E-state index in [-0.39, 0.29) is 6.61 Å². The van der Waals surface area contributed by atoms with Gasteiger partial charge in [0, 0.05) is 5.69 Å². The Balaban J connectivity index is 1.62. The molecule has 0 aromatic heterocycles. The number of benzene rings is 2. The molecular weight excluding hydrogens is 330 g/mol. The van der Waals surface area contributed by atoms with Gasteiger partial charge in [0.15, 0.2) is 0 Å². The van der Waals surface area contributed by atoms with Gasteiger partial charge in [0.25, 0.3) is 0 Å². The van der Waals surface area contributed by atoms with E-state index < -0.39 is 17.5 Å². The number of carboxylic acid groups (broad SMARTS) is 1. The third-order valence-corrected chi connectivity index (χ3v) is 5.01. The zero-order valence-electron chi connectivity index (χ0n) is 14.6. The first-order chi connectivity index (χ1) is 12.6. The SMILES string of the molecule is O=C(Nc1ccc(C2(C(=O)O)CCCCC2)cc1)OCc1ccccc1. The lowest BCUT2D eigenvalue weighted by Gasteiger charge is -2.33. The summed E-state index contributed by atoms with van der Waals surface area (Å²) in [7, 11) is 0. The molecule has 1 amide bonds.